The van der Waals surface area contributed by atoms with Crippen LogP contribution in [0.1, 0.15) is 30.4 Å². The van der Waals surface area contributed by atoms with E-state index in [1.165, 1.54) is 12.7 Å². The van der Waals surface area contributed by atoms with Crippen LogP contribution < -0.4 is 14.4 Å². The molecular formula is C23H28N4O4. The number of carbonyl (C=O) groups is 2. The van der Waals surface area contributed by atoms with Gasteiger partial charge in [-0.25, -0.2) is 9.97 Å². The SMILES string of the molecule is COc1nccnc1OC1CCCN(C(=O)C2CC(=O)N(c3ccc(C)c(C)c3)C2)C1. The molecule has 2 aliphatic rings. The summed E-state index contributed by atoms with van der Waals surface area (Å²) < 4.78 is 11.2. The number of nitrogens with zero attached hydrogens (tertiary/aromatic N) is 4. The second-order valence-corrected chi connectivity index (χ2v) is 8.21. The molecule has 0 bridgehead atoms. The fourth-order valence-corrected chi connectivity index (χ4v) is 4.20. The fraction of sp³-hybridized carbons (Fsp3) is 0.478. The van der Waals surface area contributed by atoms with Crippen molar-refractivity contribution in [3.63, 3.8) is 0 Å². The summed E-state index contributed by atoms with van der Waals surface area (Å²) in [6.07, 6.45) is 4.81. The molecule has 2 fully saturated rings. The lowest BCUT2D eigenvalue weighted by Crippen LogP contribution is -2.47. The Labute approximate surface area is 182 Å². The summed E-state index contributed by atoms with van der Waals surface area (Å²) in [4.78, 5) is 37.7. The number of hydrogen-bond donors (Lipinski definition) is 0. The second kappa shape index (κ2) is 8.91. The van der Waals surface area contributed by atoms with Gasteiger partial charge in [-0.1, -0.05) is 6.07 Å². The first kappa shape index (κ1) is 21.1. The first-order chi connectivity index (χ1) is 15.0. The van der Waals surface area contributed by atoms with Crippen LogP contribution in [0.5, 0.6) is 11.8 Å². The molecule has 31 heavy (non-hydrogen) atoms. The van der Waals surface area contributed by atoms with E-state index in [0.29, 0.717) is 31.4 Å². The first-order valence-corrected chi connectivity index (χ1v) is 10.6. The number of aryl methyl sites for hydroxylation is 2. The molecule has 2 saturated heterocycles. The average Bonchev–Trinajstić information content (AvgIpc) is 3.17. The van der Waals surface area contributed by atoms with Crippen LogP contribution in [0.4, 0.5) is 5.69 Å². The predicted octanol–water partition coefficient (Wildman–Crippen LogP) is 2.52. The molecular weight excluding hydrogens is 396 g/mol. The zero-order valence-electron chi connectivity index (χ0n) is 18.2. The van der Waals surface area contributed by atoms with E-state index in [1.54, 1.807) is 17.3 Å². The van der Waals surface area contributed by atoms with Crippen molar-refractivity contribution in [2.24, 2.45) is 5.92 Å². The largest absolute Gasteiger partial charge is 0.477 e. The molecule has 2 aromatic rings. The molecule has 0 saturated carbocycles. The number of amides is 2. The molecule has 3 heterocycles. The predicted molar refractivity (Wildman–Crippen MR) is 115 cm³/mol. The average molecular weight is 425 g/mol. The molecule has 164 valence electrons. The maximum absolute atomic E-state index is 13.2. The van der Waals surface area contributed by atoms with Crippen LogP contribution in [0.15, 0.2) is 30.6 Å². The summed E-state index contributed by atoms with van der Waals surface area (Å²) in [5.41, 5.74) is 3.18. The summed E-state index contributed by atoms with van der Waals surface area (Å²) in [6, 6.07) is 5.98. The van der Waals surface area contributed by atoms with Crippen LogP contribution in [-0.2, 0) is 9.59 Å². The van der Waals surface area contributed by atoms with E-state index in [1.807, 2.05) is 36.9 Å². The maximum Gasteiger partial charge on any atom is 0.278 e. The van der Waals surface area contributed by atoms with Crippen molar-refractivity contribution in [1.82, 2.24) is 14.9 Å². The lowest BCUT2D eigenvalue weighted by molar-refractivity contribution is -0.138. The molecule has 2 unspecified atom stereocenters. The summed E-state index contributed by atoms with van der Waals surface area (Å²) in [5.74, 6) is 0.339. The molecule has 1 aromatic carbocycles. The normalized spacial score (nSPS) is 21.3. The molecule has 2 amide bonds. The monoisotopic (exact) mass is 424 g/mol. The number of carbonyl (C=O) groups excluding carboxylic acids is 2. The van der Waals surface area contributed by atoms with E-state index in [0.717, 1.165) is 24.1 Å². The van der Waals surface area contributed by atoms with E-state index < -0.39 is 0 Å². The van der Waals surface area contributed by atoms with Crippen LogP contribution in [0, 0.1) is 19.8 Å². The summed E-state index contributed by atoms with van der Waals surface area (Å²) in [7, 11) is 1.52. The van der Waals surface area contributed by atoms with Gasteiger partial charge in [0.2, 0.25) is 11.8 Å². The van der Waals surface area contributed by atoms with Crippen molar-refractivity contribution in [1.29, 1.82) is 0 Å². The van der Waals surface area contributed by atoms with Gasteiger partial charge in [0.1, 0.15) is 6.10 Å². The van der Waals surface area contributed by atoms with E-state index in [2.05, 4.69) is 9.97 Å². The number of ether oxygens (including phenoxy) is 2. The quantitative estimate of drug-likeness (QED) is 0.733. The molecule has 0 spiro atoms. The number of hydrogen-bond acceptors (Lipinski definition) is 6. The van der Waals surface area contributed by atoms with Crippen molar-refractivity contribution in [3.05, 3.63) is 41.7 Å². The van der Waals surface area contributed by atoms with Crippen molar-refractivity contribution >= 4 is 17.5 Å². The number of benzene rings is 1. The maximum atomic E-state index is 13.2. The molecule has 0 N–H and O–H groups in total. The third-order valence-electron chi connectivity index (χ3n) is 6.07. The van der Waals surface area contributed by atoms with Crippen LogP contribution in [-0.4, -0.2) is 59.5 Å². The highest BCUT2D eigenvalue weighted by Crippen LogP contribution is 2.29. The van der Waals surface area contributed by atoms with Gasteiger partial charge in [-0.05, 0) is 49.9 Å². The highest BCUT2D eigenvalue weighted by molar-refractivity contribution is 6.00. The Morgan fingerprint density at radius 2 is 1.87 bits per heavy atom. The Balaban J connectivity index is 1.41. The van der Waals surface area contributed by atoms with E-state index in [-0.39, 0.29) is 30.3 Å². The number of rotatable bonds is 5. The smallest absolute Gasteiger partial charge is 0.278 e. The Hall–Kier alpha value is -3.16. The summed E-state index contributed by atoms with van der Waals surface area (Å²) in [5, 5.41) is 0. The second-order valence-electron chi connectivity index (χ2n) is 8.21. The van der Waals surface area contributed by atoms with Gasteiger partial charge < -0.3 is 19.3 Å². The van der Waals surface area contributed by atoms with Gasteiger partial charge in [0.05, 0.1) is 19.6 Å². The minimum Gasteiger partial charge on any atom is -0.477 e. The molecule has 2 atom stereocenters. The molecule has 8 nitrogen and oxygen atoms in total. The Morgan fingerprint density at radius 1 is 1.10 bits per heavy atom. The lowest BCUT2D eigenvalue weighted by Gasteiger charge is -2.34. The van der Waals surface area contributed by atoms with Gasteiger partial charge >= 0.3 is 0 Å². The van der Waals surface area contributed by atoms with Crippen molar-refractivity contribution in [3.8, 4) is 11.8 Å². The zero-order valence-corrected chi connectivity index (χ0v) is 18.2. The molecule has 2 aliphatic heterocycles. The van der Waals surface area contributed by atoms with E-state index in [9.17, 15) is 9.59 Å². The van der Waals surface area contributed by atoms with Gasteiger partial charge in [0.25, 0.3) is 11.8 Å². The van der Waals surface area contributed by atoms with E-state index >= 15 is 0 Å². The Morgan fingerprint density at radius 3 is 2.61 bits per heavy atom. The number of likely N-dealkylation sites (tertiary alicyclic amines) is 1. The minimum absolute atomic E-state index is 0.00397. The topological polar surface area (TPSA) is 84.9 Å². The molecule has 0 radical (unpaired) electrons. The lowest BCUT2D eigenvalue weighted by atomic mass is 10.0. The minimum atomic E-state index is -0.334. The molecule has 8 heteroatoms. The highest BCUT2D eigenvalue weighted by Gasteiger charge is 2.38. The number of piperidine rings is 1. The third-order valence-corrected chi connectivity index (χ3v) is 6.07. The standard InChI is InChI=1S/C23H28N4O4/c1-15-6-7-18(11-16(15)2)27-13-17(12-20(27)28)23(29)26-10-4-5-19(14-26)31-22-21(30-3)24-8-9-25-22/h6-9,11,17,19H,4-5,10,12-14H2,1-3H3. The number of anilines is 1. The van der Waals surface area contributed by atoms with Crippen molar-refractivity contribution in [2.75, 3.05) is 31.6 Å². The van der Waals surface area contributed by atoms with Gasteiger partial charge in [-0.2, -0.15) is 0 Å². The van der Waals surface area contributed by atoms with Crippen LogP contribution >= 0.6 is 0 Å². The van der Waals surface area contributed by atoms with Crippen LogP contribution in [0.25, 0.3) is 0 Å². The Kier molecular flexibility index (Phi) is 6.06. The fourth-order valence-electron chi connectivity index (χ4n) is 4.20. The van der Waals surface area contributed by atoms with Crippen molar-refractivity contribution in [2.45, 2.75) is 39.2 Å². The molecule has 1 aromatic heterocycles. The summed E-state index contributed by atoms with van der Waals surface area (Å²) >= 11 is 0. The van der Waals surface area contributed by atoms with Crippen molar-refractivity contribution < 1.29 is 19.1 Å². The van der Waals surface area contributed by atoms with Gasteiger partial charge in [-0.15, -0.1) is 0 Å². The third kappa shape index (κ3) is 4.47. The molecule has 4 rings (SSSR count). The molecule has 0 aliphatic carbocycles. The van der Waals surface area contributed by atoms with Gasteiger partial charge in [0, 0.05) is 37.6 Å². The summed E-state index contributed by atoms with van der Waals surface area (Å²) in [6.45, 7) is 5.63. The highest BCUT2D eigenvalue weighted by atomic mass is 16.5. The van der Waals surface area contributed by atoms with Gasteiger partial charge in [-0.3, -0.25) is 9.59 Å². The zero-order chi connectivity index (χ0) is 22.0. The van der Waals surface area contributed by atoms with Gasteiger partial charge in [0.15, 0.2) is 0 Å². The number of aromatic nitrogens is 2. The number of methoxy groups -OCH3 is 1. The Bertz CT molecular complexity index is 980. The first-order valence-electron chi connectivity index (χ1n) is 10.6. The van der Waals surface area contributed by atoms with E-state index in [4.69, 9.17) is 9.47 Å². The van der Waals surface area contributed by atoms with Crippen LogP contribution in [0.3, 0.4) is 0 Å². The van der Waals surface area contributed by atoms with Crippen LogP contribution in [0.2, 0.25) is 0 Å².